The molecule has 0 aromatic heterocycles. The zero-order valence-electron chi connectivity index (χ0n) is 13.1. The van der Waals surface area contributed by atoms with Gasteiger partial charge >= 0.3 is 0 Å². The van der Waals surface area contributed by atoms with Crippen molar-refractivity contribution in [1.82, 2.24) is 5.32 Å². The van der Waals surface area contributed by atoms with Crippen LogP contribution in [0.25, 0.3) is 0 Å². The molecule has 0 aliphatic carbocycles. The van der Waals surface area contributed by atoms with E-state index in [1.807, 2.05) is 13.0 Å². The Bertz CT molecular complexity index is 632. The van der Waals surface area contributed by atoms with Crippen LogP contribution in [0.3, 0.4) is 0 Å². The quantitative estimate of drug-likeness (QED) is 0.767. The van der Waals surface area contributed by atoms with Gasteiger partial charge in [-0.05, 0) is 30.7 Å². The third-order valence-corrected chi connectivity index (χ3v) is 3.89. The lowest BCUT2D eigenvalue weighted by atomic mass is 10.1. The number of benzene rings is 2. The molecular formula is C18H21ClFNO2. The molecule has 0 bridgehead atoms. The van der Waals surface area contributed by atoms with Crippen LogP contribution in [0.4, 0.5) is 4.39 Å². The van der Waals surface area contributed by atoms with Crippen molar-refractivity contribution < 1.29 is 14.2 Å². The summed E-state index contributed by atoms with van der Waals surface area (Å²) >= 11 is 6.05. The van der Waals surface area contributed by atoms with Gasteiger partial charge in [-0.1, -0.05) is 36.7 Å². The molecule has 0 saturated carbocycles. The first-order valence-electron chi connectivity index (χ1n) is 7.63. The molecule has 3 nitrogen and oxygen atoms in total. The maximum atomic E-state index is 13.7. The van der Waals surface area contributed by atoms with Crippen molar-refractivity contribution in [2.24, 2.45) is 0 Å². The van der Waals surface area contributed by atoms with Crippen LogP contribution in [0.2, 0.25) is 5.02 Å². The molecule has 2 rings (SSSR count). The van der Waals surface area contributed by atoms with E-state index in [1.54, 1.807) is 30.3 Å². The monoisotopic (exact) mass is 337 g/mol. The SMILES string of the molecule is CCC(CO)NCc1cc(Cl)ccc1OCc1ccccc1F. The number of nitrogens with one attached hydrogen (secondary N) is 1. The van der Waals surface area contributed by atoms with Crippen LogP contribution in [0.5, 0.6) is 5.75 Å². The summed E-state index contributed by atoms with van der Waals surface area (Å²) in [6.07, 6.45) is 0.822. The highest BCUT2D eigenvalue weighted by atomic mass is 35.5. The Balaban J connectivity index is 2.07. The van der Waals surface area contributed by atoms with Gasteiger partial charge in [-0.15, -0.1) is 0 Å². The largest absolute Gasteiger partial charge is 0.488 e. The van der Waals surface area contributed by atoms with Gasteiger partial charge in [0.15, 0.2) is 0 Å². The van der Waals surface area contributed by atoms with Crippen LogP contribution in [-0.2, 0) is 13.2 Å². The molecule has 124 valence electrons. The molecule has 0 heterocycles. The summed E-state index contributed by atoms with van der Waals surface area (Å²) in [4.78, 5) is 0. The molecule has 1 atom stereocenters. The molecule has 0 aliphatic heterocycles. The molecule has 0 fully saturated rings. The van der Waals surface area contributed by atoms with E-state index in [2.05, 4.69) is 5.32 Å². The number of hydrogen-bond donors (Lipinski definition) is 2. The van der Waals surface area contributed by atoms with Crippen molar-refractivity contribution in [3.05, 3.63) is 64.4 Å². The van der Waals surface area contributed by atoms with Crippen molar-refractivity contribution >= 4 is 11.6 Å². The minimum atomic E-state index is -0.285. The highest BCUT2D eigenvalue weighted by molar-refractivity contribution is 6.30. The molecule has 23 heavy (non-hydrogen) atoms. The van der Waals surface area contributed by atoms with E-state index in [0.717, 1.165) is 12.0 Å². The summed E-state index contributed by atoms with van der Waals surface area (Å²) in [5, 5.41) is 13.1. The predicted octanol–water partition coefficient (Wildman–Crippen LogP) is 3.92. The van der Waals surface area contributed by atoms with E-state index in [9.17, 15) is 9.50 Å². The third kappa shape index (κ3) is 5.20. The highest BCUT2D eigenvalue weighted by Gasteiger charge is 2.10. The number of ether oxygens (including phenoxy) is 1. The van der Waals surface area contributed by atoms with Gasteiger partial charge in [0.25, 0.3) is 0 Å². The molecule has 0 radical (unpaired) electrons. The Hall–Kier alpha value is -1.62. The predicted molar refractivity (Wildman–Crippen MR) is 90.2 cm³/mol. The van der Waals surface area contributed by atoms with Gasteiger partial charge in [0.05, 0.1) is 6.61 Å². The molecule has 5 heteroatoms. The van der Waals surface area contributed by atoms with Crippen LogP contribution in [0.15, 0.2) is 42.5 Å². The number of aliphatic hydroxyl groups excluding tert-OH is 1. The van der Waals surface area contributed by atoms with Crippen LogP contribution >= 0.6 is 11.6 Å². The molecule has 0 spiro atoms. The molecule has 1 unspecified atom stereocenters. The van der Waals surface area contributed by atoms with E-state index in [-0.39, 0.29) is 25.1 Å². The van der Waals surface area contributed by atoms with Gasteiger partial charge in [-0.3, -0.25) is 0 Å². The van der Waals surface area contributed by atoms with Crippen LogP contribution in [0.1, 0.15) is 24.5 Å². The van der Waals surface area contributed by atoms with E-state index in [0.29, 0.717) is 22.9 Å². The summed E-state index contributed by atoms with van der Waals surface area (Å²) in [5.74, 6) is 0.366. The fourth-order valence-corrected chi connectivity index (χ4v) is 2.38. The van der Waals surface area contributed by atoms with Gasteiger partial charge in [0, 0.05) is 28.7 Å². The molecule has 0 saturated heterocycles. The van der Waals surface area contributed by atoms with Crippen LogP contribution < -0.4 is 10.1 Å². The summed E-state index contributed by atoms with van der Waals surface area (Å²) in [6.45, 7) is 2.74. The Morgan fingerprint density at radius 2 is 2.00 bits per heavy atom. The molecule has 0 aliphatic rings. The fourth-order valence-electron chi connectivity index (χ4n) is 2.19. The Morgan fingerprint density at radius 3 is 2.70 bits per heavy atom. The third-order valence-electron chi connectivity index (χ3n) is 3.66. The Kier molecular flexibility index (Phi) is 6.84. The van der Waals surface area contributed by atoms with Crippen molar-refractivity contribution in [2.45, 2.75) is 32.5 Å². The average molecular weight is 338 g/mol. The fraction of sp³-hybridized carbons (Fsp3) is 0.333. The first-order chi connectivity index (χ1) is 11.1. The number of aliphatic hydroxyl groups is 1. The molecule has 2 aromatic carbocycles. The van der Waals surface area contributed by atoms with Gasteiger partial charge in [0.1, 0.15) is 18.2 Å². The Labute approximate surface area is 141 Å². The Morgan fingerprint density at radius 1 is 1.22 bits per heavy atom. The lowest BCUT2D eigenvalue weighted by Gasteiger charge is -2.17. The average Bonchev–Trinajstić information content (AvgIpc) is 2.56. The second-order valence-corrected chi connectivity index (χ2v) is 5.74. The number of halogens is 2. The van der Waals surface area contributed by atoms with E-state index >= 15 is 0 Å². The smallest absolute Gasteiger partial charge is 0.129 e. The van der Waals surface area contributed by atoms with Crippen LogP contribution in [0, 0.1) is 5.82 Å². The molecule has 0 amide bonds. The minimum Gasteiger partial charge on any atom is -0.488 e. The number of rotatable bonds is 8. The standard InChI is InChI=1S/C18H21ClFNO2/c1-2-16(11-22)21-10-14-9-15(19)7-8-18(14)23-12-13-5-3-4-6-17(13)20/h3-9,16,21-22H,2,10-12H2,1H3. The zero-order valence-corrected chi connectivity index (χ0v) is 13.8. The summed E-state index contributed by atoms with van der Waals surface area (Å²) in [6, 6.07) is 11.9. The van der Waals surface area contributed by atoms with Gasteiger partial charge in [-0.2, -0.15) is 0 Å². The lowest BCUT2D eigenvalue weighted by Crippen LogP contribution is -2.31. The van der Waals surface area contributed by atoms with Crippen molar-refractivity contribution in [1.29, 1.82) is 0 Å². The molecule has 2 N–H and O–H groups in total. The van der Waals surface area contributed by atoms with Crippen molar-refractivity contribution in [2.75, 3.05) is 6.61 Å². The normalized spacial score (nSPS) is 12.2. The lowest BCUT2D eigenvalue weighted by molar-refractivity contribution is 0.237. The van der Waals surface area contributed by atoms with Crippen LogP contribution in [-0.4, -0.2) is 17.8 Å². The second-order valence-electron chi connectivity index (χ2n) is 5.30. The van der Waals surface area contributed by atoms with E-state index in [1.165, 1.54) is 6.07 Å². The first-order valence-corrected chi connectivity index (χ1v) is 8.00. The second kappa shape index (κ2) is 8.87. The molecule has 2 aromatic rings. The van der Waals surface area contributed by atoms with Crippen molar-refractivity contribution in [3.8, 4) is 5.75 Å². The highest BCUT2D eigenvalue weighted by Crippen LogP contribution is 2.24. The summed E-state index contributed by atoms with van der Waals surface area (Å²) < 4.78 is 19.4. The molecular weight excluding hydrogens is 317 g/mol. The maximum absolute atomic E-state index is 13.7. The van der Waals surface area contributed by atoms with Gasteiger partial charge in [-0.25, -0.2) is 4.39 Å². The zero-order chi connectivity index (χ0) is 16.7. The first kappa shape index (κ1) is 17.7. The maximum Gasteiger partial charge on any atom is 0.129 e. The summed E-state index contributed by atoms with van der Waals surface area (Å²) in [5.41, 5.74) is 1.38. The minimum absolute atomic E-state index is 0.0217. The summed E-state index contributed by atoms with van der Waals surface area (Å²) in [7, 11) is 0. The number of hydrogen-bond acceptors (Lipinski definition) is 3. The van der Waals surface area contributed by atoms with Crippen molar-refractivity contribution in [3.63, 3.8) is 0 Å². The van der Waals surface area contributed by atoms with E-state index < -0.39 is 0 Å². The van der Waals surface area contributed by atoms with Gasteiger partial charge in [0.2, 0.25) is 0 Å². The van der Waals surface area contributed by atoms with E-state index in [4.69, 9.17) is 16.3 Å². The van der Waals surface area contributed by atoms with Gasteiger partial charge < -0.3 is 15.2 Å². The topological polar surface area (TPSA) is 41.5 Å².